The van der Waals surface area contributed by atoms with Crippen molar-refractivity contribution >= 4 is 15.7 Å². The first-order valence-electron chi connectivity index (χ1n) is 7.25. The zero-order valence-corrected chi connectivity index (χ0v) is 13.5. The van der Waals surface area contributed by atoms with Crippen LogP contribution in [0.15, 0.2) is 42.6 Å². The number of benzene rings is 1. The molecule has 1 nitrogen and oxygen atoms in total. The Kier molecular flexibility index (Phi) is 3.82. The maximum atomic E-state index is 4.66. The number of aryl methyl sites for hydroxylation is 1. The molecule has 0 unspecified atom stereocenters. The van der Waals surface area contributed by atoms with Gasteiger partial charge in [-0.2, -0.15) is 0 Å². The zero-order chi connectivity index (χ0) is 15.0. The van der Waals surface area contributed by atoms with Crippen LogP contribution < -0.4 is 0 Å². The summed E-state index contributed by atoms with van der Waals surface area (Å²) in [4.78, 5) is 4.66. The van der Waals surface area contributed by atoms with Gasteiger partial charge in [0.2, 0.25) is 0 Å². The van der Waals surface area contributed by atoms with Crippen molar-refractivity contribution in [3.05, 3.63) is 53.7 Å². The van der Waals surface area contributed by atoms with Crippen LogP contribution in [0.2, 0.25) is 0 Å². The van der Waals surface area contributed by atoms with Crippen LogP contribution >= 0.6 is 0 Å². The van der Waals surface area contributed by atoms with E-state index < -0.39 is 0 Å². The first-order chi connectivity index (χ1) is 9.22. The Bertz CT molecular complexity index is 578. The van der Waals surface area contributed by atoms with E-state index in [4.69, 9.17) is 0 Å². The summed E-state index contributed by atoms with van der Waals surface area (Å²) in [5.41, 5.74) is 4.99. The number of pyridine rings is 1. The van der Waals surface area contributed by atoms with Crippen molar-refractivity contribution in [3.63, 3.8) is 0 Å². The third-order valence-corrected chi connectivity index (χ3v) is 4.71. The second kappa shape index (κ2) is 5.12. The lowest BCUT2D eigenvalue weighted by atomic mass is 9.41. The topological polar surface area (TPSA) is 12.9 Å². The Morgan fingerprint density at radius 2 is 1.50 bits per heavy atom. The molecule has 0 N–H and O–H groups in total. The lowest BCUT2D eigenvalue weighted by Crippen LogP contribution is -2.41. The molecule has 1 aromatic carbocycles. The number of rotatable bonds is 2. The fraction of sp³-hybridized carbons (Fsp3) is 0.353. The molecule has 2 rings (SSSR count). The molecule has 0 radical (unpaired) electrons. The summed E-state index contributed by atoms with van der Waals surface area (Å²) in [7, 11) is 4.57. The lowest BCUT2D eigenvalue weighted by Gasteiger charge is -2.39. The van der Waals surface area contributed by atoms with Crippen LogP contribution in [0.3, 0.4) is 0 Å². The van der Waals surface area contributed by atoms with E-state index in [1.54, 1.807) is 0 Å². The van der Waals surface area contributed by atoms with Gasteiger partial charge >= 0.3 is 0 Å². The van der Waals surface area contributed by atoms with E-state index in [1.165, 1.54) is 16.7 Å². The highest BCUT2D eigenvalue weighted by Crippen LogP contribution is 2.36. The fourth-order valence-electron chi connectivity index (χ4n) is 2.09. The van der Waals surface area contributed by atoms with E-state index in [9.17, 15) is 0 Å². The van der Waals surface area contributed by atoms with Gasteiger partial charge in [-0.3, -0.25) is 4.98 Å². The minimum absolute atomic E-state index is 0.103. The van der Waals surface area contributed by atoms with E-state index >= 15 is 0 Å². The average molecular weight is 263 g/mol. The fourth-order valence-corrected chi connectivity index (χ4v) is 2.09. The van der Waals surface area contributed by atoms with Crippen molar-refractivity contribution in [2.75, 3.05) is 0 Å². The predicted octanol–water partition coefficient (Wildman–Crippen LogP) is 2.52. The van der Waals surface area contributed by atoms with E-state index in [0.29, 0.717) is 0 Å². The molecule has 102 valence electrons. The van der Waals surface area contributed by atoms with Crippen LogP contribution in [0.4, 0.5) is 0 Å². The molecular formula is C17H23B2N. The molecule has 0 atom stereocenters. The summed E-state index contributed by atoms with van der Waals surface area (Å²) in [5, 5.41) is 0.103. The van der Waals surface area contributed by atoms with Gasteiger partial charge in [-0.1, -0.05) is 61.9 Å². The molecule has 1 aromatic heterocycles. The summed E-state index contributed by atoms with van der Waals surface area (Å²) in [6.45, 7) is 8.94. The molecule has 0 amide bonds. The second-order valence-corrected chi connectivity index (χ2v) is 7.17. The third-order valence-electron chi connectivity index (χ3n) is 4.71. The van der Waals surface area contributed by atoms with Crippen LogP contribution in [0.1, 0.15) is 31.9 Å². The van der Waals surface area contributed by atoms with Crippen molar-refractivity contribution in [3.8, 4) is 11.3 Å². The van der Waals surface area contributed by atoms with Crippen LogP contribution in [-0.2, 0) is 5.21 Å². The smallest absolute Gasteiger partial charge is 0.105 e. The van der Waals surface area contributed by atoms with Crippen LogP contribution in [-0.4, -0.2) is 20.7 Å². The minimum Gasteiger partial charge on any atom is -0.256 e. The van der Waals surface area contributed by atoms with Gasteiger partial charge in [-0.15, -0.1) is 0 Å². The monoisotopic (exact) mass is 263 g/mol. The van der Waals surface area contributed by atoms with Gasteiger partial charge in [-0.05, 0) is 24.0 Å². The van der Waals surface area contributed by atoms with E-state index in [-0.39, 0.29) is 10.6 Å². The van der Waals surface area contributed by atoms with Crippen molar-refractivity contribution in [1.82, 2.24) is 4.98 Å². The summed E-state index contributed by atoms with van der Waals surface area (Å²) in [6, 6.07) is 12.9. The second-order valence-electron chi connectivity index (χ2n) is 7.17. The number of aromatic nitrogens is 1. The van der Waals surface area contributed by atoms with E-state index in [2.05, 4.69) is 84.8 Å². The summed E-state index contributed by atoms with van der Waals surface area (Å²) >= 11 is 0. The van der Waals surface area contributed by atoms with Gasteiger partial charge in [0.25, 0.3) is 0 Å². The van der Waals surface area contributed by atoms with Crippen molar-refractivity contribution in [2.45, 2.75) is 32.9 Å². The standard InChI is InChI=1S/C17H23B2N/c1-12-5-7-13(8-6-12)15-10-9-14(11-20-15)17(18,19)16(2,3)4/h5-11H,18-19H2,1-4H3. The van der Waals surface area contributed by atoms with Crippen molar-refractivity contribution < 1.29 is 0 Å². The highest BCUT2D eigenvalue weighted by Gasteiger charge is 2.34. The number of hydrogen-bond acceptors (Lipinski definition) is 1. The molecule has 1 heterocycles. The molecule has 2 aromatic rings. The Hall–Kier alpha value is -1.50. The van der Waals surface area contributed by atoms with Gasteiger partial charge in [-0.25, -0.2) is 0 Å². The van der Waals surface area contributed by atoms with Gasteiger partial charge in [0.05, 0.1) is 5.69 Å². The summed E-state index contributed by atoms with van der Waals surface area (Å²) < 4.78 is 0. The van der Waals surface area contributed by atoms with Crippen molar-refractivity contribution in [1.29, 1.82) is 0 Å². The molecule has 0 bridgehead atoms. The molecule has 0 spiro atoms. The first-order valence-corrected chi connectivity index (χ1v) is 7.25. The van der Waals surface area contributed by atoms with Gasteiger partial charge in [0.1, 0.15) is 15.7 Å². The number of hydrogen-bond donors (Lipinski definition) is 0. The Morgan fingerprint density at radius 1 is 0.900 bits per heavy atom. The SMILES string of the molecule is BC(B)(c1ccc(-c2ccc(C)cc2)nc1)C(C)(C)C. The first kappa shape index (κ1) is 14.9. The number of nitrogens with zero attached hydrogens (tertiary/aromatic N) is 1. The maximum absolute atomic E-state index is 4.66. The molecule has 0 saturated heterocycles. The molecule has 0 aliphatic rings. The van der Waals surface area contributed by atoms with Gasteiger partial charge in [0, 0.05) is 11.8 Å². The zero-order valence-electron chi connectivity index (χ0n) is 13.5. The van der Waals surface area contributed by atoms with E-state index in [0.717, 1.165) is 5.69 Å². The quantitative estimate of drug-likeness (QED) is 0.758. The molecule has 20 heavy (non-hydrogen) atoms. The Balaban J connectivity index is 2.33. The Morgan fingerprint density at radius 3 is 1.95 bits per heavy atom. The third kappa shape index (κ3) is 2.82. The largest absolute Gasteiger partial charge is 0.256 e. The van der Waals surface area contributed by atoms with Crippen LogP contribution in [0.25, 0.3) is 11.3 Å². The molecule has 0 aliphatic carbocycles. The van der Waals surface area contributed by atoms with Gasteiger partial charge in [0.15, 0.2) is 0 Å². The molecule has 0 aliphatic heterocycles. The highest BCUT2D eigenvalue weighted by molar-refractivity contribution is 6.40. The minimum atomic E-state index is 0.103. The average Bonchev–Trinajstić information content (AvgIpc) is 2.38. The van der Waals surface area contributed by atoms with Gasteiger partial charge < -0.3 is 0 Å². The highest BCUT2D eigenvalue weighted by atomic mass is 14.7. The molecule has 3 heteroatoms. The molecule has 0 fully saturated rings. The van der Waals surface area contributed by atoms with Crippen LogP contribution in [0, 0.1) is 12.3 Å². The van der Waals surface area contributed by atoms with Crippen LogP contribution in [0.5, 0.6) is 0 Å². The Labute approximate surface area is 124 Å². The predicted molar refractivity (Wildman–Crippen MR) is 92.6 cm³/mol. The summed E-state index contributed by atoms with van der Waals surface area (Å²) in [6.07, 6.45) is 2.03. The lowest BCUT2D eigenvalue weighted by molar-refractivity contribution is 0.358. The van der Waals surface area contributed by atoms with E-state index in [1.807, 2.05) is 6.20 Å². The maximum Gasteiger partial charge on any atom is 0.105 e. The molecular weight excluding hydrogens is 240 g/mol. The normalized spacial score (nSPS) is 12.4. The molecule has 0 saturated carbocycles. The summed E-state index contributed by atoms with van der Waals surface area (Å²) in [5.74, 6) is 0. The van der Waals surface area contributed by atoms with Crippen molar-refractivity contribution in [2.24, 2.45) is 5.41 Å².